The van der Waals surface area contributed by atoms with E-state index in [1.807, 2.05) is 11.6 Å². The standard InChI is InChI=1S/C10H17BrN2S/c1-9(2)13(6-3-4-11)8-10-12-5-7-14-10/h5,7,9H,3-4,6,8H2,1-2H3. The van der Waals surface area contributed by atoms with Crippen LogP contribution in [0, 0.1) is 0 Å². The molecule has 0 amide bonds. The summed E-state index contributed by atoms with van der Waals surface area (Å²) < 4.78 is 0. The van der Waals surface area contributed by atoms with Gasteiger partial charge in [0.1, 0.15) is 5.01 Å². The van der Waals surface area contributed by atoms with Crippen LogP contribution in [0.4, 0.5) is 0 Å². The second-order valence-corrected chi connectivity index (χ2v) is 5.30. The smallest absolute Gasteiger partial charge is 0.107 e. The molecule has 0 fully saturated rings. The molecule has 0 N–H and O–H groups in total. The van der Waals surface area contributed by atoms with Crippen LogP contribution >= 0.6 is 27.3 Å². The number of nitrogens with zero attached hydrogens (tertiary/aromatic N) is 2. The molecule has 0 aliphatic rings. The number of alkyl halides is 1. The lowest BCUT2D eigenvalue weighted by atomic mass is 10.3. The Morgan fingerprint density at radius 1 is 1.57 bits per heavy atom. The molecule has 0 bridgehead atoms. The molecule has 0 atom stereocenters. The van der Waals surface area contributed by atoms with Gasteiger partial charge in [-0.25, -0.2) is 4.98 Å². The van der Waals surface area contributed by atoms with Crippen molar-refractivity contribution in [1.82, 2.24) is 9.88 Å². The van der Waals surface area contributed by atoms with Crippen LogP contribution in [-0.4, -0.2) is 27.8 Å². The molecule has 0 radical (unpaired) electrons. The van der Waals surface area contributed by atoms with E-state index in [2.05, 4.69) is 39.7 Å². The zero-order valence-corrected chi connectivity index (χ0v) is 11.1. The lowest BCUT2D eigenvalue weighted by Crippen LogP contribution is -2.31. The maximum Gasteiger partial charge on any atom is 0.107 e. The van der Waals surface area contributed by atoms with Gasteiger partial charge in [0, 0.05) is 22.9 Å². The average Bonchev–Trinajstić information content (AvgIpc) is 2.64. The van der Waals surface area contributed by atoms with E-state index in [-0.39, 0.29) is 0 Å². The molecule has 1 aromatic heterocycles. The van der Waals surface area contributed by atoms with Crippen LogP contribution < -0.4 is 0 Å². The van der Waals surface area contributed by atoms with Crippen molar-refractivity contribution in [3.05, 3.63) is 16.6 Å². The summed E-state index contributed by atoms with van der Waals surface area (Å²) in [7, 11) is 0. The Kier molecular flexibility index (Phi) is 5.67. The van der Waals surface area contributed by atoms with Crippen molar-refractivity contribution in [2.75, 3.05) is 11.9 Å². The Bertz CT molecular complexity index is 236. The third-order valence-electron chi connectivity index (χ3n) is 2.13. The Labute approximate surface area is 98.5 Å². The lowest BCUT2D eigenvalue weighted by molar-refractivity contribution is 0.214. The van der Waals surface area contributed by atoms with Crippen molar-refractivity contribution >= 4 is 27.3 Å². The summed E-state index contributed by atoms with van der Waals surface area (Å²) in [6, 6.07) is 0.595. The van der Waals surface area contributed by atoms with Gasteiger partial charge in [0.25, 0.3) is 0 Å². The van der Waals surface area contributed by atoms with Gasteiger partial charge in [-0.05, 0) is 26.8 Å². The molecule has 0 aromatic carbocycles. The van der Waals surface area contributed by atoms with Crippen LogP contribution in [0.3, 0.4) is 0 Å². The first-order valence-corrected chi connectivity index (χ1v) is 6.92. The van der Waals surface area contributed by atoms with Gasteiger partial charge in [-0.3, -0.25) is 4.90 Å². The summed E-state index contributed by atoms with van der Waals surface area (Å²) in [6.45, 7) is 6.61. The predicted molar refractivity (Wildman–Crippen MR) is 66.1 cm³/mol. The predicted octanol–water partition coefficient (Wildman–Crippen LogP) is 3.14. The Hall–Kier alpha value is 0.0700. The van der Waals surface area contributed by atoms with E-state index in [0.29, 0.717) is 6.04 Å². The number of thiazole rings is 1. The molecule has 14 heavy (non-hydrogen) atoms. The SMILES string of the molecule is CC(C)N(CCCBr)Cc1nccs1. The molecule has 0 aliphatic heterocycles. The molecule has 1 aromatic rings. The largest absolute Gasteiger partial charge is 0.294 e. The molecule has 80 valence electrons. The molecule has 4 heteroatoms. The summed E-state index contributed by atoms with van der Waals surface area (Å²) in [5.74, 6) is 0. The van der Waals surface area contributed by atoms with Crippen molar-refractivity contribution in [2.45, 2.75) is 32.9 Å². The van der Waals surface area contributed by atoms with E-state index in [4.69, 9.17) is 0 Å². The van der Waals surface area contributed by atoms with E-state index < -0.39 is 0 Å². The third kappa shape index (κ3) is 4.07. The highest BCUT2D eigenvalue weighted by atomic mass is 79.9. The summed E-state index contributed by atoms with van der Waals surface area (Å²) in [5.41, 5.74) is 0. The van der Waals surface area contributed by atoms with E-state index in [1.165, 1.54) is 11.4 Å². The van der Waals surface area contributed by atoms with E-state index >= 15 is 0 Å². The fourth-order valence-electron chi connectivity index (χ4n) is 1.29. The van der Waals surface area contributed by atoms with Gasteiger partial charge in [0.05, 0.1) is 6.54 Å². The van der Waals surface area contributed by atoms with Gasteiger partial charge in [-0.15, -0.1) is 11.3 Å². The second kappa shape index (κ2) is 6.53. The van der Waals surface area contributed by atoms with Crippen LogP contribution in [-0.2, 0) is 6.54 Å². The van der Waals surface area contributed by atoms with Crippen molar-refractivity contribution in [1.29, 1.82) is 0 Å². The maximum atomic E-state index is 4.31. The quantitative estimate of drug-likeness (QED) is 0.743. The van der Waals surface area contributed by atoms with Gasteiger partial charge in [0.2, 0.25) is 0 Å². The number of halogens is 1. The molecule has 0 saturated carbocycles. The zero-order valence-electron chi connectivity index (χ0n) is 8.74. The highest BCUT2D eigenvalue weighted by Crippen LogP contribution is 2.11. The number of hydrogen-bond donors (Lipinski definition) is 0. The first kappa shape index (κ1) is 12.1. The molecule has 1 heterocycles. The molecular formula is C10H17BrN2S. The number of rotatable bonds is 6. The molecule has 2 nitrogen and oxygen atoms in total. The van der Waals surface area contributed by atoms with Gasteiger partial charge in [-0.2, -0.15) is 0 Å². The highest BCUT2D eigenvalue weighted by molar-refractivity contribution is 9.09. The summed E-state index contributed by atoms with van der Waals surface area (Å²) in [6.07, 6.45) is 3.08. The monoisotopic (exact) mass is 276 g/mol. The molecule has 0 aliphatic carbocycles. The van der Waals surface area contributed by atoms with E-state index in [1.54, 1.807) is 11.3 Å². The van der Waals surface area contributed by atoms with Crippen LogP contribution in [0.25, 0.3) is 0 Å². The minimum atomic E-state index is 0.595. The second-order valence-electron chi connectivity index (χ2n) is 3.53. The minimum Gasteiger partial charge on any atom is -0.294 e. The van der Waals surface area contributed by atoms with Crippen molar-refractivity contribution in [3.8, 4) is 0 Å². The van der Waals surface area contributed by atoms with Gasteiger partial charge >= 0.3 is 0 Å². The number of hydrogen-bond acceptors (Lipinski definition) is 3. The van der Waals surface area contributed by atoms with Gasteiger partial charge in [-0.1, -0.05) is 15.9 Å². The highest BCUT2D eigenvalue weighted by Gasteiger charge is 2.10. The average molecular weight is 277 g/mol. The molecule has 0 saturated heterocycles. The van der Waals surface area contributed by atoms with Crippen LogP contribution in [0.15, 0.2) is 11.6 Å². The minimum absolute atomic E-state index is 0.595. The normalized spacial score (nSPS) is 11.5. The van der Waals surface area contributed by atoms with Gasteiger partial charge in [0.15, 0.2) is 0 Å². The van der Waals surface area contributed by atoms with E-state index in [9.17, 15) is 0 Å². The Morgan fingerprint density at radius 2 is 2.36 bits per heavy atom. The molecular weight excluding hydrogens is 260 g/mol. The van der Waals surface area contributed by atoms with Crippen LogP contribution in [0.1, 0.15) is 25.3 Å². The number of aromatic nitrogens is 1. The van der Waals surface area contributed by atoms with Crippen molar-refractivity contribution in [2.24, 2.45) is 0 Å². The summed E-state index contributed by atoms with van der Waals surface area (Å²) >= 11 is 5.20. The van der Waals surface area contributed by atoms with Crippen LogP contribution in [0.2, 0.25) is 0 Å². The lowest BCUT2D eigenvalue weighted by Gasteiger charge is -2.24. The Morgan fingerprint density at radius 3 is 2.86 bits per heavy atom. The van der Waals surface area contributed by atoms with Crippen molar-refractivity contribution in [3.63, 3.8) is 0 Å². The van der Waals surface area contributed by atoms with Crippen LogP contribution in [0.5, 0.6) is 0 Å². The molecule has 0 unspecified atom stereocenters. The first-order chi connectivity index (χ1) is 6.74. The molecule has 0 spiro atoms. The van der Waals surface area contributed by atoms with Crippen molar-refractivity contribution < 1.29 is 0 Å². The fraction of sp³-hybridized carbons (Fsp3) is 0.700. The first-order valence-electron chi connectivity index (χ1n) is 4.92. The third-order valence-corrected chi connectivity index (χ3v) is 3.46. The van der Waals surface area contributed by atoms with E-state index in [0.717, 1.165) is 18.4 Å². The zero-order chi connectivity index (χ0) is 10.4. The summed E-state index contributed by atoms with van der Waals surface area (Å²) in [4.78, 5) is 6.77. The Balaban J connectivity index is 2.43. The summed E-state index contributed by atoms with van der Waals surface area (Å²) in [5, 5.41) is 4.33. The molecule has 1 rings (SSSR count). The fourth-order valence-corrected chi connectivity index (χ4v) is 2.18. The van der Waals surface area contributed by atoms with Gasteiger partial charge < -0.3 is 0 Å². The topological polar surface area (TPSA) is 16.1 Å². The maximum absolute atomic E-state index is 4.31.